The van der Waals surface area contributed by atoms with Gasteiger partial charge in [0.1, 0.15) is 0 Å². The summed E-state index contributed by atoms with van der Waals surface area (Å²) >= 11 is 0. The molecule has 0 saturated heterocycles. The van der Waals surface area contributed by atoms with E-state index in [-0.39, 0.29) is 5.91 Å². The molecule has 4 heteroatoms. The van der Waals surface area contributed by atoms with Gasteiger partial charge >= 0.3 is 0 Å². The number of amides is 1. The van der Waals surface area contributed by atoms with Crippen molar-refractivity contribution in [2.75, 3.05) is 6.54 Å². The van der Waals surface area contributed by atoms with Gasteiger partial charge in [-0.25, -0.2) is 4.68 Å². The molecule has 0 aliphatic carbocycles. The Kier molecular flexibility index (Phi) is 5.59. The first-order valence-electron chi connectivity index (χ1n) is 8.44. The Balaban J connectivity index is 2.64. The van der Waals surface area contributed by atoms with Gasteiger partial charge in [-0.15, -0.1) is 0 Å². The Labute approximate surface area is 138 Å². The van der Waals surface area contributed by atoms with Gasteiger partial charge in [0.25, 0.3) is 5.91 Å². The number of nitrogens with zero attached hydrogens (tertiary/aromatic N) is 2. The van der Waals surface area contributed by atoms with Crippen molar-refractivity contribution in [3.63, 3.8) is 0 Å². The lowest BCUT2D eigenvalue weighted by Crippen LogP contribution is -2.25. The van der Waals surface area contributed by atoms with Crippen LogP contribution in [0.25, 0.3) is 5.69 Å². The van der Waals surface area contributed by atoms with E-state index in [0.717, 1.165) is 41.0 Å². The molecule has 1 aromatic heterocycles. The summed E-state index contributed by atoms with van der Waals surface area (Å²) < 4.78 is 1.96. The van der Waals surface area contributed by atoms with E-state index in [1.807, 2.05) is 23.7 Å². The second kappa shape index (κ2) is 7.44. The Morgan fingerprint density at radius 2 is 1.96 bits per heavy atom. The van der Waals surface area contributed by atoms with Gasteiger partial charge < -0.3 is 5.32 Å². The first-order chi connectivity index (χ1) is 11.0. The normalized spacial score (nSPS) is 11.0. The SMILES string of the molecule is CCNC(=O)c1c(CC(C)C)nn(-c2ccccc2C)c1CC. The van der Waals surface area contributed by atoms with E-state index in [0.29, 0.717) is 12.5 Å². The molecule has 4 nitrogen and oxygen atoms in total. The van der Waals surface area contributed by atoms with E-state index in [1.165, 1.54) is 0 Å². The van der Waals surface area contributed by atoms with Crippen molar-refractivity contribution in [3.8, 4) is 5.69 Å². The summed E-state index contributed by atoms with van der Waals surface area (Å²) in [6.07, 6.45) is 1.57. The highest BCUT2D eigenvalue weighted by molar-refractivity contribution is 5.96. The molecule has 0 unspecified atom stereocenters. The standard InChI is InChI=1S/C19H27N3O/c1-6-16-18(19(23)20-7-2)15(12-13(3)4)21-22(16)17-11-9-8-10-14(17)5/h8-11,13H,6-7,12H2,1-5H3,(H,20,23). The van der Waals surface area contributed by atoms with Crippen LogP contribution in [0.15, 0.2) is 24.3 Å². The van der Waals surface area contributed by atoms with Gasteiger partial charge in [0.15, 0.2) is 0 Å². The highest BCUT2D eigenvalue weighted by Crippen LogP contribution is 2.23. The molecule has 0 aliphatic rings. The van der Waals surface area contributed by atoms with Gasteiger partial charge in [0, 0.05) is 6.54 Å². The zero-order valence-electron chi connectivity index (χ0n) is 14.8. The quantitative estimate of drug-likeness (QED) is 0.884. The Bertz CT molecular complexity index is 686. The van der Waals surface area contributed by atoms with Crippen molar-refractivity contribution in [2.24, 2.45) is 5.92 Å². The van der Waals surface area contributed by atoms with Crippen molar-refractivity contribution in [2.45, 2.75) is 47.5 Å². The molecule has 23 heavy (non-hydrogen) atoms. The van der Waals surface area contributed by atoms with Gasteiger partial charge in [-0.2, -0.15) is 5.10 Å². The maximum atomic E-state index is 12.6. The molecule has 0 aliphatic heterocycles. The van der Waals surface area contributed by atoms with Crippen molar-refractivity contribution in [3.05, 3.63) is 46.8 Å². The number of carbonyl (C=O) groups excluding carboxylic acids is 1. The molecule has 1 amide bonds. The minimum atomic E-state index is -0.0140. The average molecular weight is 313 g/mol. The number of aromatic nitrogens is 2. The number of para-hydroxylation sites is 1. The summed E-state index contributed by atoms with van der Waals surface area (Å²) in [5.41, 5.74) is 4.84. The Hall–Kier alpha value is -2.10. The zero-order chi connectivity index (χ0) is 17.0. The van der Waals surface area contributed by atoms with Crippen LogP contribution < -0.4 is 5.32 Å². The molecule has 2 aromatic rings. The molecule has 0 bridgehead atoms. The molecule has 0 atom stereocenters. The van der Waals surface area contributed by atoms with Crippen LogP contribution in [0.5, 0.6) is 0 Å². The number of nitrogens with one attached hydrogen (secondary N) is 1. The number of carbonyl (C=O) groups is 1. The number of hydrogen-bond acceptors (Lipinski definition) is 2. The fourth-order valence-electron chi connectivity index (χ4n) is 2.87. The number of hydrogen-bond donors (Lipinski definition) is 1. The van der Waals surface area contributed by atoms with E-state index < -0.39 is 0 Å². The summed E-state index contributed by atoms with van der Waals surface area (Å²) in [5, 5.41) is 7.75. The largest absolute Gasteiger partial charge is 0.352 e. The van der Waals surface area contributed by atoms with Crippen molar-refractivity contribution < 1.29 is 4.79 Å². The lowest BCUT2D eigenvalue weighted by atomic mass is 10.0. The summed E-state index contributed by atoms with van der Waals surface area (Å²) in [6, 6.07) is 8.16. The third-order valence-corrected chi connectivity index (χ3v) is 3.90. The Morgan fingerprint density at radius 3 is 2.52 bits per heavy atom. The van der Waals surface area contributed by atoms with E-state index in [2.05, 4.69) is 45.1 Å². The van der Waals surface area contributed by atoms with Crippen LogP contribution in [0.2, 0.25) is 0 Å². The van der Waals surface area contributed by atoms with Gasteiger partial charge in [-0.3, -0.25) is 4.79 Å². The second-order valence-electron chi connectivity index (χ2n) is 6.28. The van der Waals surface area contributed by atoms with E-state index in [1.54, 1.807) is 0 Å². The molecular formula is C19H27N3O. The fourth-order valence-corrected chi connectivity index (χ4v) is 2.87. The van der Waals surface area contributed by atoms with Crippen molar-refractivity contribution >= 4 is 5.91 Å². The first-order valence-corrected chi connectivity index (χ1v) is 8.44. The van der Waals surface area contributed by atoms with Crippen LogP contribution >= 0.6 is 0 Å². The first kappa shape index (κ1) is 17.3. The minimum Gasteiger partial charge on any atom is -0.352 e. The van der Waals surface area contributed by atoms with Gasteiger partial charge in [0.05, 0.1) is 22.6 Å². The fraction of sp³-hybridized carbons (Fsp3) is 0.474. The minimum absolute atomic E-state index is 0.0140. The molecule has 0 spiro atoms. The third-order valence-electron chi connectivity index (χ3n) is 3.90. The highest BCUT2D eigenvalue weighted by atomic mass is 16.1. The van der Waals surface area contributed by atoms with Crippen LogP contribution in [-0.2, 0) is 12.8 Å². The van der Waals surface area contributed by atoms with E-state index in [4.69, 9.17) is 5.10 Å². The summed E-state index contributed by atoms with van der Waals surface area (Å²) in [7, 11) is 0. The zero-order valence-corrected chi connectivity index (χ0v) is 14.8. The maximum Gasteiger partial charge on any atom is 0.255 e. The second-order valence-corrected chi connectivity index (χ2v) is 6.28. The smallest absolute Gasteiger partial charge is 0.255 e. The highest BCUT2D eigenvalue weighted by Gasteiger charge is 2.23. The lowest BCUT2D eigenvalue weighted by Gasteiger charge is -2.10. The monoisotopic (exact) mass is 313 g/mol. The molecule has 1 aromatic carbocycles. The number of aryl methyl sites for hydroxylation is 1. The van der Waals surface area contributed by atoms with Crippen LogP contribution in [0, 0.1) is 12.8 Å². The van der Waals surface area contributed by atoms with Crippen LogP contribution in [0.1, 0.15) is 55.0 Å². The topological polar surface area (TPSA) is 46.9 Å². The van der Waals surface area contributed by atoms with Gasteiger partial charge in [-0.05, 0) is 44.2 Å². The molecule has 2 rings (SSSR count). The summed E-state index contributed by atoms with van der Waals surface area (Å²) in [4.78, 5) is 12.6. The van der Waals surface area contributed by atoms with Crippen molar-refractivity contribution in [1.29, 1.82) is 0 Å². The van der Waals surface area contributed by atoms with E-state index in [9.17, 15) is 4.79 Å². The van der Waals surface area contributed by atoms with Crippen LogP contribution in [0.3, 0.4) is 0 Å². The molecule has 1 N–H and O–H groups in total. The predicted molar refractivity (Wildman–Crippen MR) is 94.2 cm³/mol. The van der Waals surface area contributed by atoms with Crippen LogP contribution in [0.4, 0.5) is 0 Å². The number of benzene rings is 1. The summed E-state index contributed by atoms with van der Waals surface area (Å²) in [5.74, 6) is 0.438. The molecule has 1 heterocycles. The Morgan fingerprint density at radius 1 is 1.26 bits per heavy atom. The van der Waals surface area contributed by atoms with Gasteiger partial charge in [0.2, 0.25) is 0 Å². The van der Waals surface area contributed by atoms with Crippen LogP contribution in [-0.4, -0.2) is 22.2 Å². The average Bonchev–Trinajstić information content (AvgIpc) is 2.85. The molecule has 0 fully saturated rings. The molecule has 0 saturated carbocycles. The van der Waals surface area contributed by atoms with E-state index >= 15 is 0 Å². The van der Waals surface area contributed by atoms with Crippen molar-refractivity contribution in [1.82, 2.24) is 15.1 Å². The number of rotatable bonds is 6. The third kappa shape index (κ3) is 3.63. The lowest BCUT2D eigenvalue weighted by molar-refractivity contribution is 0.0954. The molecule has 124 valence electrons. The molecule has 0 radical (unpaired) electrons. The molecular weight excluding hydrogens is 286 g/mol. The predicted octanol–water partition coefficient (Wildman–Crippen LogP) is 3.69. The maximum absolute atomic E-state index is 12.6. The summed E-state index contributed by atoms with van der Waals surface area (Å²) in [6.45, 7) is 11.0. The van der Waals surface area contributed by atoms with Gasteiger partial charge in [-0.1, -0.05) is 39.0 Å².